The maximum atomic E-state index is 13.3. The number of carbonyl (C=O) groups is 1. The third kappa shape index (κ3) is 4.62. The lowest BCUT2D eigenvalue weighted by molar-refractivity contribution is -0.109. The van der Waals surface area contributed by atoms with Crippen LogP contribution < -0.4 is 0 Å². The molecule has 0 N–H and O–H groups in total. The van der Waals surface area contributed by atoms with E-state index < -0.39 is 0 Å². The number of benzene rings is 1. The molecule has 4 heteroatoms. The molecular weight excluding hydrogens is 279 g/mol. The predicted molar refractivity (Wildman–Crippen MR) is 66.3 cm³/mol. The molecule has 0 heterocycles. The minimum absolute atomic E-state index is 0.0657. The zero-order valence-electron chi connectivity index (χ0n) is 8.17. The number of hydrogen-bond acceptors (Lipinski definition) is 2. The fourth-order valence-electron chi connectivity index (χ4n) is 0.977. The molecule has 1 aromatic rings. The highest BCUT2D eigenvalue weighted by Gasteiger charge is 1.98. The molecule has 1 nitrogen and oxygen atoms in total. The van der Waals surface area contributed by atoms with Crippen LogP contribution in [0.15, 0.2) is 28.7 Å². The van der Waals surface area contributed by atoms with E-state index in [-0.39, 0.29) is 10.9 Å². The van der Waals surface area contributed by atoms with Crippen LogP contribution >= 0.6 is 27.7 Å². The molecule has 0 fully saturated rings. The van der Waals surface area contributed by atoms with Crippen LogP contribution in [-0.2, 0) is 4.79 Å². The second-order valence-electron chi connectivity index (χ2n) is 2.87. The Hall–Kier alpha value is -0.610. The van der Waals surface area contributed by atoms with Gasteiger partial charge in [-0.25, -0.2) is 4.39 Å². The van der Waals surface area contributed by atoms with Gasteiger partial charge < -0.3 is 0 Å². The normalized spacial score (nSPS) is 10.9. The molecule has 0 aliphatic heterocycles. The molecule has 0 unspecified atom stereocenters. The molecule has 0 atom stereocenters. The average molecular weight is 289 g/mol. The molecule has 0 amide bonds. The topological polar surface area (TPSA) is 17.1 Å². The summed E-state index contributed by atoms with van der Waals surface area (Å²) in [5, 5.41) is 0.0657. The first-order chi connectivity index (χ1) is 7.09. The van der Waals surface area contributed by atoms with E-state index in [4.69, 9.17) is 0 Å². The van der Waals surface area contributed by atoms with Crippen molar-refractivity contribution in [1.29, 1.82) is 0 Å². The SMILES string of the molecule is CC(=O)SCC=Cc1ccc(Br)cc1F. The lowest BCUT2D eigenvalue weighted by atomic mass is 10.2. The Bertz CT molecular complexity index is 390. The molecule has 0 aliphatic rings. The molecular formula is C11H10BrFOS. The predicted octanol–water partition coefficient (Wildman–Crippen LogP) is 3.88. The van der Waals surface area contributed by atoms with Crippen LogP contribution in [0.1, 0.15) is 12.5 Å². The summed E-state index contributed by atoms with van der Waals surface area (Å²) in [5.74, 6) is 0.304. The minimum atomic E-state index is -0.270. The van der Waals surface area contributed by atoms with Crippen LogP contribution in [-0.4, -0.2) is 10.9 Å². The van der Waals surface area contributed by atoms with Gasteiger partial charge in [0, 0.05) is 22.7 Å². The first kappa shape index (κ1) is 12.5. The number of thioether (sulfide) groups is 1. The molecule has 1 aromatic carbocycles. The fourth-order valence-corrected chi connectivity index (χ4v) is 1.74. The van der Waals surface area contributed by atoms with E-state index in [1.807, 2.05) is 0 Å². The smallest absolute Gasteiger partial charge is 0.186 e. The van der Waals surface area contributed by atoms with Crippen molar-refractivity contribution in [2.45, 2.75) is 6.92 Å². The molecule has 0 aliphatic carbocycles. The van der Waals surface area contributed by atoms with E-state index in [2.05, 4.69) is 15.9 Å². The number of rotatable bonds is 3. The van der Waals surface area contributed by atoms with Gasteiger partial charge in [0.2, 0.25) is 0 Å². The summed E-state index contributed by atoms with van der Waals surface area (Å²) in [7, 11) is 0. The Morgan fingerprint density at radius 2 is 2.33 bits per heavy atom. The van der Waals surface area contributed by atoms with Crippen molar-refractivity contribution in [3.8, 4) is 0 Å². The van der Waals surface area contributed by atoms with Crippen LogP contribution in [0.2, 0.25) is 0 Å². The van der Waals surface area contributed by atoms with E-state index in [1.165, 1.54) is 24.8 Å². The number of carbonyl (C=O) groups excluding carboxylic acids is 1. The lowest BCUT2D eigenvalue weighted by Gasteiger charge is -1.97. The molecule has 80 valence electrons. The maximum Gasteiger partial charge on any atom is 0.186 e. The Morgan fingerprint density at radius 1 is 1.60 bits per heavy atom. The molecule has 0 saturated heterocycles. The van der Waals surface area contributed by atoms with Gasteiger partial charge in [-0.15, -0.1) is 0 Å². The number of halogens is 2. The molecule has 0 radical (unpaired) electrons. The Labute approximate surface area is 101 Å². The largest absolute Gasteiger partial charge is 0.288 e. The minimum Gasteiger partial charge on any atom is -0.288 e. The summed E-state index contributed by atoms with van der Waals surface area (Å²) >= 11 is 4.39. The van der Waals surface area contributed by atoms with Crippen LogP contribution in [0.5, 0.6) is 0 Å². The quantitative estimate of drug-likeness (QED) is 0.840. The van der Waals surface area contributed by atoms with Gasteiger partial charge in [-0.05, 0) is 12.1 Å². The lowest BCUT2D eigenvalue weighted by Crippen LogP contribution is -1.84. The highest BCUT2D eigenvalue weighted by atomic mass is 79.9. The van der Waals surface area contributed by atoms with E-state index >= 15 is 0 Å². The van der Waals surface area contributed by atoms with E-state index in [0.29, 0.717) is 11.3 Å². The second kappa shape index (κ2) is 6.08. The third-order valence-corrected chi connectivity index (χ3v) is 2.90. The molecule has 0 spiro atoms. The van der Waals surface area contributed by atoms with E-state index in [1.54, 1.807) is 24.3 Å². The van der Waals surface area contributed by atoms with E-state index in [0.717, 1.165) is 4.47 Å². The first-order valence-electron chi connectivity index (χ1n) is 4.34. The number of hydrogen-bond donors (Lipinski definition) is 0. The Balaban J connectivity index is 2.60. The van der Waals surface area contributed by atoms with Gasteiger partial charge in [0.05, 0.1) is 0 Å². The Kier molecular flexibility index (Phi) is 5.05. The van der Waals surface area contributed by atoms with E-state index in [9.17, 15) is 9.18 Å². The highest BCUT2D eigenvalue weighted by Crippen LogP contribution is 2.16. The van der Waals surface area contributed by atoms with Crippen molar-refractivity contribution in [1.82, 2.24) is 0 Å². The standard InChI is InChI=1S/C11H10BrFOS/c1-8(14)15-6-2-3-9-4-5-10(12)7-11(9)13/h2-5,7H,6H2,1H3. The zero-order chi connectivity index (χ0) is 11.3. The van der Waals surface area contributed by atoms with Crippen LogP contribution in [0.4, 0.5) is 4.39 Å². The third-order valence-electron chi connectivity index (χ3n) is 1.64. The van der Waals surface area contributed by atoms with Crippen molar-refractivity contribution >= 4 is 38.9 Å². The van der Waals surface area contributed by atoms with Gasteiger partial charge in [0.25, 0.3) is 0 Å². The average Bonchev–Trinajstić information content (AvgIpc) is 2.14. The van der Waals surface area contributed by atoms with Gasteiger partial charge in [0.1, 0.15) is 5.82 Å². The monoisotopic (exact) mass is 288 g/mol. The summed E-state index contributed by atoms with van der Waals surface area (Å²) in [5.41, 5.74) is 0.530. The summed E-state index contributed by atoms with van der Waals surface area (Å²) in [6.45, 7) is 1.51. The van der Waals surface area contributed by atoms with Gasteiger partial charge in [-0.1, -0.05) is 45.9 Å². The molecule has 0 saturated carbocycles. The fraction of sp³-hybridized carbons (Fsp3) is 0.182. The van der Waals surface area contributed by atoms with Crippen molar-refractivity contribution in [2.24, 2.45) is 0 Å². The molecule has 0 bridgehead atoms. The van der Waals surface area contributed by atoms with Crippen molar-refractivity contribution in [3.05, 3.63) is 40.1 Å². The van der Waals surface area contributed by atoms with Gasteiger partial charge in [0.15, 0.2) is 5.12 Å². The summed E-state index contributed by atoms with van der Waals surface area (Å²) in [6.07, 6.45) is 3.45. The molecule has 15 heavy (non-hydrogen) atoms. The second-order valence-corrected chi connectivity index (χ2v) is 4.98. The van der Waals surface area contributed by atoms with Gasteiger partial charge >= 0.3 is 0 Å². The Morgan fingerprint density at radius 3 is 2.93 bits per heavy atom. The van der Waals surface area contributed by atoms with Crippen molar-refractivity contribution in [3.63, 3.8) is 0 Å². The summed E-state index contributed by atoms with van der Waals surface area (Å²) < 4.78 is 14.0. The van der Waals surface area contributed by atoms with Crippen LogP contribution in [0.3, 0.4) is 0 Å². The molecule has 1 rings (SSSR count). The van der Waals surface area contributed by atoms with Crippen LogP contribution in [0, 0.1) is 5.82 Å². The highest BCUT2D eigenvalue weighted by molar-refractivity contribution is 9.10. The first-order valence-corrected chi connectivity index (χ1v) is 6.12. The summed E-state index contributed by atoms with van der Waals surface area (Å²) in [4.78, 5) is 10.6. The van der Waals surface area contributed by atoms with Gasteiger partial charge in [-0.3, -0.25) is 4.79 Å². The van der Waals surface area contributed by atoms with Crippen molar-refractivity contribution < 1.29 is 9.18 Å². The zero-order valence-corrected chi connectivity index (χ0v) is 10.6. The van der Waals surface area contributed by atoms with Crippen LogP contribution in [0.25, 0.3) is 6.08 Å². The molecule has 0 aromatic heterocycles. The van der Waals surface area contributed by atoms with Crippen molar-refractivity contribution in [2.75, 3.05) is 5.75 Å². The summed E-state index contributed by atoms with van der Waals surface area (Å²) in [6, 6.07) is 4.88. The maximum absolute atomic E-state index is 13.3. The van der Waals surface area contributed by atoms with Gasteiger partial charge in [-0.2, -0.15) is 0 Å².